The van der Waals surface area contributed by atoms with E-state index in [1.807, 2.05) is 42.3 Å². The Balaban J connectivity index is 1.34. The lowest BCUT2D eigenvalue weighted by Crippen LogP contribution is -2.46. The van der Waals surface area contributed by atoms with Crippen LogP contribution in [-0.2, 0) is 18.4 Å². The molecule has 210 valence electrons. The molecule has 0 amide bonds. The van der Waals surface area contributed by atoms with Crippen molar-refractivity contribution in [1.29, 1.82) is 0 Å². The summed E-state index contributed by atoms with van der Waals surface area (Å²) in [5.41, 5.74) is 6.50. The van der Waals surface area contributed by atoms with Crippen LogP contribution in [0.15, 0.2) is 43.0 Å². The molecule has 0 radical (unpaired) electrons. The van der Waals surface area contributed by atoms with Crippen molar-refractivity contribution in [3.63, 3.8) is 0 Å². The molecule has 1 aliphatic heterocycles. The smallest absolute Gasteiger partial charge is 0.187 e. The van der Waals surface area contributed by atoms with Crippen LogP contribution in [0.2, 0.25) is 0 Å². The van der Waals surface area contributed by atoms with E-state index in [-0.39, 0.29) is 17.7 Å². The molecular weight excluding hydrogens is 502 g/mol. The minimum atomic E-state index is -0.188. The quantitative estimate of drug-likeness (QED) is 0.308. The number of aryl methyl sites for hydroxylation is 2. The molecule has 0 N–H and O–H groups in total. The number of Topliss-reactive ketones (excluding diaryl/α,β-unsaturated/α-hetero) is 1. The van der Waals surface area contributed by atoms with Crippen molar-refractivity contribution in [1.82, 2.24) is 39.6 Å². The summed E-state index contributed by atoms with van der Waals surface area (Å²) in [5, 5.41) is 13.5. The fraction of sp³-hybridized carbons (Fsp3) is 0.467. The summed E-state index contributed by atoms with van der Waals surface area (Å²) in [5.74, 6) is -0.0313. The Morgan fingerprint density at radius 3 is 2.45 bits per heavy atom. The van der Waals surface area contributed by atoms with Crippen molar-refractivity contribution in [3.05, 3.63) is 65.6 Å². The Morgan fingerprint density at radius 2 is 1.77 bits per heavy atom. The maximum Gasteiger partial charge on any atom is 0.187 e. The average Bonchev–Trinajstić information content (AvgIpc) is 3.62. The van der Waals surface area contributed by atoms with Gasteiger partial charge >= 0.3 is 0 Å². The molecule has 5 rings (SSSR count). The van der Waals surface area contributed by atoms with E-state index in [0.29, 0.717) is 5.69 Å². The maximum atomic E-state index is 13.2. The van der Waals surface area contributed by atoms with Gasteiger partial charge in [-0.1, -0.05) is 19.1 Å². The molecule has 0 bridgehead atoms. The summed E-state index contributed by atoms with van der Waals surface area (Å²) in [4.78, 5) is 27.1. The van der Waals surface area contributed by atoms with Crippen LogP contribution in [0.3, 0.4) is 0 Å². The number of anilines is 1. The third-order valence-electron chi connectivity index (χ3n) is 7.49. The molecule has 4 aromatic rings. The van der Waals surface area contributed by atoms with E-state index < -0.39 is 0 Å². The summed E-state index contributed by atoms with van der Waals surface area (Å²) < 4.78 is 3.67. The van der Waals surface area contributed by atoms with Gasteiger partial charge in [-0.15, -0.1) is 5.10 Å². The topological polar surface area (TPSA) is 97.9 Å². The van der Waals surface area contributed by atoms with E-state index >= 15 is 0 Å². The summed E-state index contributed by atoms with van der Waals surface area (Å²) in [6, 6.07) is 6.00. The third kappa shape index (κ3) is 5.82. The first-order chi connectivity index (χ1) is 19.2. The Labute approximate surface area is 236 Å². The monoisotopic (exact) mass is 541 g/mol. The van der Waals surface area contributed by atoms with Crippen LogP contribution in [0.4, 0.5) is 5.69 Å². The van der Waals surface area contributed by atoms with Crippen molar-refractivity contribution < 1.29 is 4.79 Å². The standard InChI is InChI=1S/C30H39N9O/c1-7-24-16-26(34-39(24)30(4,5)6)29(40)14-22-13-28(21(3)32-17-22)38-20-27(33-35-38)23-15-25(19-31-18-23)37-11-9-36(8-2)10-12-37/h13,15-20H,7-12,14H2,1-6H3. The molecule has 40 heavy (non-hydrogen) atoms. The number of likely N-dealkylation sites (N-methyl/N-ethyl adjacent to an activating group) is 1. The van der Waals surface area contributed by atoms with Crippen LogP contribution in [-0.4, -0.2) is 78.1 Å². The number of ketones is 1. The molecule has 10 nitrogen and oxygen atoms in total. The van der Waals surface area contributed by atoms with E-state index in [0.717, 1.165) is 78.7 Å². The number of carbonyl (C=O) groups is 1. The highest BCUT2D eigenvalue weighted by Crippen LogP contribution is 2.25. The zero-order valence-electron chi connectivity index (χ0n) is 24.4. The first-order valence-corrected chi connectivity index (χ1v) is 14.1. The van der Waals surface area contributed by atoms with E-state index in [1.165, 1.54) is 0 Å². The zero-order valence-corrected chi connectivity index (χ0v) is 24.4. The molecule has 0 spiro atoms. The van der Waals surface area contributed by atoms with Crippen molar-refractivity contribution in [3.8, 4) is 16.9 Å². The van der Waals surface area contributed by atoms with Crippen molar-refractivity contribution >= 4 is 11.5 Å². The highest BCUT2D eigenvalue weighted by Gasteiger charge is 2.22. The van der Waals surface area contributed by atoms with Crippen molar-refractivity contribution in [2.24, 2.45) is 0 Å². The largest absolute Gasteiger partial charge is 0.368 e. The molecular formula is C30H39N9O. The SMILES string of the molecule is CCc1cc(C(=O)Cc2cnc(C)c(-n3cc(-c4cncc(N5CCN(CC)CC5)c4)nn3)c2)nn1C(C)(C)C. The summed E-state index contributed by atoms with van der Waals surface area (Å²) in [6.45, 7) is 17.7. The number of piperazine rings is 1. The minimum absolute atomic E-state index is 0.0313. The fourth-order valence-electron chi connectivity index (χ4n) is 5.13. The molecule has 0 aliphatic carbocycles. The molecule has 1 fully saturated rings. The van der Waals surface area contributed by atoms with Crippen LogP contribution in [0, 0.1) is 6.92 Å². The normalized spacial score (nSPS) is 14.6. The molecule has 0 aromatic carbocycles. The van der Waals surface area contributed by atoms with Gasteiger partial charge in [0.05, 0.1) is 35.0 Å². The summed E-state index contributed by atoms with van der Waals surface area (Å²) >= 11 is 0. The number of nitrogens with zero attached hydrogens (tertiary/aromatic N) is 9. The lowest BCUT2D eigenvalue weighted by molar-refractivity contribution is 0.0986. The van der Waals surface area contributed by atoms with Gasteiger partial charge in [0.1, 0.15) is 11.4 Å². The number of pyridine rings is 2. The van der Waals surface area contributed by atoms with Crippen LogP contribution in [0.25, 0.3) is 16.9 Å². The molecule has 1 aliphatic rings. The molecule has 0 unspecified atom stereocenters. The van der Waals surface area contributed by atoms with Crippen LogP contribution in [0.1, 0.15) is 62.1 Å². The van der Waals surface area contributed by atoms with Gasteiger partial charge in [0.2, 0.25) is 0 Å². The molecule has 4 aromatic heterocycles. The van der Waals surface area contributed by atoms with Gasteiger partial charge in [0, 0.05) is 56.3 Å². The molecule has 0 atom stereocenters. The number of carbonyl (C=O) groups excluding carboxylic acids is 1. The van der Waals surface area contributed by atoms with Crippen molar-refractivity contribution in [2.45, 2.75) is 59.9 Å². The Morgan fingerprint density at radius 1 is 1.00 bits per heavy atom. The van der Waals surface area contributed by atoms with Gasteiger partial charge < -0.3 is 9.80 Å². The van der Waals surface area contributed by atoms with E-state index in [1.54, 1.807) is 10.9 Å². The van der Waals surface area contributed by atoms with Gasteiger partial charge in [-0.2, -0.15) is 5.10 Å². The number of hydrogen-bond donors (Lipinski definition) is 0. The second-order valence-corrected chi connectivity index (χ2v) is 11.4. The van der Waals surface area contributed by atoms with Gasteiger partial charge in [-0.25, -0.2) is 4.68 Å². The lowest BCUT2D eigenvalue weighted by atomic mass is 10.1. The average molecular weight is 542 g/mol. The first-order valence-electron chi connectivity index (χ1n) is 14.1. The van der Waals surface area contributed by atoms with Crippen molar-refractivity contribution in [2.75, 3.05) is 37.6 Å². The van der Waals surface area contributed by atoms with Crippen LogP contribution >= 0.6 is 0 Å². The predicted molar refractivity (Wildman–Crippen MR) is 156 cm³/mol. The van der Waals surface area contributed by atoms with E-state index in [9.17, 15) is 4.79 Å². The second kappa shape index (κ2) is 11.3. The number of rotatable bonds is 8. The molecule has 1 saturated heterocycles. The fourth-order valence-corrected chi connectivity index (χ4v) is 5.13. The van der Waals surface area contributed by atoms with E-state index in [2.05, 4.69) is 75.9 Å². The minimum Gasteiger partial charge on any atom is -0.368 e. The summed E-state index contributed by atoms with van der Waals surface area (Å²) in [6.07, 6.45) is 8.41. The Bertz CT molecular complexity index is 1490. The van der Waals surface area contributed by atoms with Crippen LogP contribution in [0.5, 0.6) is 0 Å². The van der Waals surface area contributed by atoms with Gasteiger partial charge in [0.25, 0.3) is 0 Å². The Hall–Kier alpha value is -3.92. The first kappa shape index (κ1) is 27.6. The van der Waals surface area contributed by atoms with Gasteiger partial charge in [-0.3, -0.25) is 19.4 Å². The second-order valence-electron chi connectivity index (χ2n) is 11.4. The lowest BCUT2D eigenvalue weighted by Gasteiger charge is -2.35. The molecule has 5 heterocycles. The number of aromatic nitrogens is 7. The predicted octanol–water partition coefficient (Wildman–Crippen LogP) is 4.11. The molecule has 0 saturated carbocycles. The Kier molecular flexibility index (Phi) is 7.80. The maximum absolute atomic E-state index is 13.2. The van der Waals surface area contributed by atoms with Crippen LogP contribution < -0.4 is 4.90 Å². The highest BCUT2D eigenvalue weighted by atomic mass is 16.1. The highest BCUT2D eigenvalue weighted by molar-refractivity contribution is 5.95. The zero-order chi connectivity index (χ0) is 28.4. The summed E-state index contributed by atoms with van der Waals surface area (Å²) in [7, 11) is 0. The third-order valence-corrected chi connectivity index (χ3v) is 7.49. The van der Waals surface area contributed by atoms with Gasteiger partial charge in [0.15, 0.2) is 5.78 Å². The number of hydrogen-bond acceptors (Lipinski definition) is 8. The van der Waals surface area contributed by atoms with Gasteiger partial charge in [-0.05, 0) is 64.4 Å². The molecule has 10 heteroatoms. The van der Waals surface area contributed by atoms with E-state index in [4.69, 9.17) is 0 Å².